The number of carbonyl (C=O) groups is 1. The van der Waals surface area contributed by atoms with Crippen LogP contribution in [0.25, 0.3) is 0 Å². The normalized spacial score (nSPS) is 12.8. The second-order valence-electron chi connectivity index (χ2n) is 4.28. The van der Waals surface area contributed by atoms with Gasteiger partial charge in [0, 0.05) is 6.54 Å². The van der Waals surface area contributed by atoms with Gasteiger partial charge >= 0.3 is 0 Å². The van der Waals surface area contributed by atoms with Gasteiger partial charge in [0.1, 0.15) is 10.6 Å². The number of rotatable bonds is 7. The summed E-state index contributed by atoms with van der Waals surface area (Å²) in [6.07, 6.45) is 0.789. The molecule has 0 bridgehead atoms. The molecule has 20 heavy (non-hydrogen) atoms. The minimum absolute atomic E-state index is 0.0117. The third-order valence-electron chi connectivity index (χ3n) is 2.63. The van der Waals surface area contributed by atoms with Crippen molar-refractivity contribution in [3.05, 3.63) is 24.3 Å². The molecule has 1 amide bonds. The second-order valence-corrected chi connectivity index (χ2v) is 5.97. The highest BCUT2D eigenvalue weighted by Crippen LogP contribution is 2.22. The Morgan fingerprint density at radius 1 is 1.35 bits per heavy atom. The van der Waals surface area contributed by atoms with Crippen molar-refractivity contribution in [2.24, 2.45) is 0 Å². The zero-order valence-corrected chi connectivity index (χ0v) is 12.7. The first kappa shape index (κ1) is 16.5. The summed E-state index contributed by atoms with van der Waals surface area (Å²) in [7, 11) is -2.41. The number of benzene rings is 1. The Morgan fingerprint density at radius 3 is 2.60 bits per heavy atom. The molecule has 1 rings (SSSR count). The third-order valence-corrected chi connectivity index (χ3v) is 4.21. The van der Waals surface area contributed by atoms with E-state index in [0.29, 0.717) is 6.54 Å². The number of hydrogen-bond acceptors (Lipinski definition) is 4. The maximum absolute atomic E-state index is 12.2. The van der Waals surface area contributed by atoms with E-state index in [1.807, 2.05) is 6.92 Å². The fourth-order valence-electron chi connectivity index (χ4n) is 1.59. The topological polar surface area (TPSA) is 84.5 Å². The smallest absolute Gasteiger partial charge is 0.244 e. The maximum atomic E-state index is 12.2. The van der Waals surface area contributed by atoms with Crippen molar-refractivity contribution in [1.82, 2.24) is 10.0 Å². The summed E-state index contributed by atoms with van der Waals surface area (Å²) in [6, 6.07) is 5.40. The van der Waals surface area contributed by atoms with Gasteiger partial charge in [-0.3, -0.25) is 4.79 Å². The van der Waals surface area contributed by atoms with Crippen LogP contribution in [0.3, 0.4) is 0 Å². The summed E-state index contributed by atoms with van der Waals surface area (Å²) in [4.78, 5) is 11.7. The van der Waals surface area contributed by atoms with Crippen LogP contribution >= 0.6 is 0 Å². The molecule has 0 saturated heterocycles. The summed E-state index contributed by atoms with van der Waals surface area (Å²) in [5.41, 5.74) is 0. The molecule has 0 saturated carbocycles. The van der Waals surface area contributed by atoms with Crippen LogP contribution in [-0.2, 0) is 14.8 Å². The van der Waals surface area contributed by atoms with Crippen LogP contribution in [0, 0.1) is 0 Å². The molecular weight excluding hydrogens is 280 g/mol. The quantitative estimate of drug-likeness (QED) is 0.783. The molecule has 1 atom stereocenters. The Bertz CT molecular complexity index is 557. The summed E-state index contributed by atoms with van der Waals surface area (Å²) >= 11 is 0. The molecule has 2 N–H and O–H groups in total. The lowest BCUT2D eigenvalue weighted by atomic mass is 10.3. The lowest BCUT2D eigenvalue weighted by Crippen LogP contribution is -2.44. The number of amides is 1. The molecule has 112 valence electrons. The highest BCUT2D eigenvalue weighted by Gasteiger charge is 2.24. The number of carbonyl (C=O) groups excluding carboxylic acids is 1. The van der Waals surface area contributed by atoms with E-state index in [1.165, 1.54) is 20.1 Å². The number of ether oxygens (including phenoxy) is 1. The van der Waals surface area contributed by atoms with Gasteiger partial charge in [0.15, 0.2) is 0 Å². The molecule has 7 heteroatoms. The molecule has 0 aromatic heterocycles. The Morgan fingerprint density at radius 2 is 2.00 bits per heavy atom. The third kappa shape index (κ3) is 4.21. The minimum Gasteiger partial charge on any atom is -0.495 e. The predicted octanol–water partition coefficient (Wildman–Crippen LogP) is 0.888. The van der Waals surface area contributed by atoms with Gasteiger partial charge in [-0.1, -0.05) is 19.1 Å². The second kappa shape index (κ2) is 7.25. The molecule has 0 aliphatic rings. The van der Waals surface area contributed by atoms with Crippen molar-refractivity contribution in [2.75, 3.05) is 13.7 Å². The molecule has 0 fully saturated rings. The Labute approximate surface area is 119 Å². The van der Waals surface area contributed by atoms with E-state index in [4.69, 9.17) is 4.74 Å². The fraction of sp³-hybridized carbons (Fsp3) is 0.462. The van der Waals surface area contributed by atoms with Gasteiger partial charge < -0.3 is 10.1 Å². The van der Waals surface area contributed by atoms with Crippen LogP contribution in [0.2, 0.25) is 0 Å². The molecule has 6 nitrogen and oxygen atoms in total. The highest BCUT2D eigenvalue weighted by molar-refractivity contribution is 7.89. The van der Waals surface area contributed by atoms with E-state index in [9.17, 15) is 13.2 Å². The molecule has 0 heterocycles. The largest absolute Gasteiger partial charge is 0.495 e. The van der Waals surface area contributed by atoms with Gasteiger partial charge in [-0.2, -0.15) is 4.72 Å². The van der Waals surface area contributed by atoms with Gasteiger partial charge in [0.25, 0.3) is 0 Å². The first-order chi connectivity index (χ1) is 9.42. The zero-order chi connectivity index (χ0) is 15.2. The molecule has 0 radical (unpaired) electrons. The van der Waals surface area contributed by atoms with Crippen molar-refractivity contribution in [1.29, 1.82) is 0 Å². The fourth-order valence-corrected chi connectivity index (χ4v) is 2.97. The Balaban J connectivity index is 2.87. The molecule has 0 spiro atoms. The van der Waals surface area contributed by atoms with Gasteiger partial charge in [-0.15, -0.1) is 0 Å². The number of sulfonamides is 1. The number of hydrogen-bond donors (Lipinski definition) is 2. The van der Waals surface area contributed by atoms with Gasteiger partial charge in [-0.25, -0.2) is 8.42 Å². The van der Waals surface area contributed by atoms with Crippen LogP contribution in [-0.4, -0.2) is 34.0 Å². The monoisotopic (exact) mass is 300 g/mol. The minimum atomic E-state index is -3.81. The number of para-hydroxylation sites is 1. The van der Waals surface area contributed by atoms with Crippen LogP contribution in [0.1, 0.15) is 20.3 Å². The summed E-state index contributed by atoms with van der Waals surface area (Å²) in [5, 5.41) is 2.64. The average molecular weight is 300 g/mol. The number of nitrogens with one attached hydrogen (secondary N) is 2. The van der Waals surface area contributed by atoms with Crippen molar-refractivity contribution < 1.29 is 17.9 Å². The lowest BCUT2D eigenvalue weighted by molar-refractivity contribution is -0.122. The van der Waals surface area contributed by atoms with Gasteiger partial charge in [-0.05, 0) is 25.5 Å². The Kier molecular flexibility index (Phi) is 5.97. The Hall–Kier alpha value is -1.60. The lowest BCUT2D eigenvalue weighted by Gasteiger charge is -2.15. The standard InChI is InChI=1S/C13H20N2O4S/c1-4-9-14-13(16)10(2)15-20(17,18)12-8-6-5-7-11(12)19-3/h5-8,10,15H,4,9H2,1-3H3,(H,14,16). The molecule has 0 aliphatic heterocycles. The molecule has 1 aromatic rings. The van der Waals surface area contributed by atoms with Crippen LogP contribution in [0.5, 0.6) is 5.75 Å². The first-order valence-corrected chi connectivity index (χ1v) is 7.83. The SMILES string of the molecule is CCCNC(=O)C(C)NS(=O)(=O)c1ccccc1OC. The summed E-state index contributed by atoms with van der Waals surface area (Å²) < 4.78 is 31.8. The molecule has 1 aromatic carbocycles. The zero-order valence-electron chi connectivity index (χ0n) is 11.8. The maximum Gasteiger partial charge on any atom is 0.244 e. The summed E-state index contributed by atoms with van der Waals surface area (Å²) in [5.74, 6) is -0.119. The van der Waals surface area contributed by atoms with Crippen molar-refractivity contribution in [3.63, 3.8) is 0 Å². The summed E-state index contributed by atoms with van der Waals surface area (Å²) in [6.45, 7) is 3.93. The predicted molar refractivity (Wildman–Crippen MR) is 76.1 cm³/mol. The van der Waals surface area contributed by atoms with Crippen molar-refractivity contribution in [3.8, 4) is 5.75 Å². The van der Waals surface area contributed by atoms with E-state index in [2.05, 4.69) is 10.0 Å². The van der Waals surface area contributed by atoms with Crippen LogP contribution in [0.15, 0.2) is 29.2 Å². The van der Waals surface area contributed by atoms with E-state index in [1.54, 1.807) is 18.2 Å². The number of methoxy groups -OCH3 is 1. The van der Waals surface area contributed by atoms with E-state index < -0.39 is 16.1 Å². The first-order valence-electron chi connectivity index (χ1n) is 6.35. The van der Waals surface area contributed by atoms with Crippen LogP contribution in [0.4, 0.5) is 0 Å². The van der Waals surface area contributed by atoms with Crippen molar-refractivity contribution >= 4 is 15.9 Å². The molecular formula is C13H20N2O4S. The van der Waals surface area contributed by atoms with Gasteiger partial charge in [0.05, 0.1) is 13.2 Å². The van der Waals surface area contributed by atoms with Gasteiger partial charge in [0.2, 0.25) is 15.9 Å². The molecule has 1 unspecified atom stereocenters. The molecule has 0 aliphatic carbocycles. The van der Waals surface area contributed by atoms with Crippen LogP contribution < -0.4 is 14.8 Å². The van der Waals surface area contributed by atoms with Crippen molar-refractivity contribution in [2.45, 2.75) is 31.2 Å². The van der Waals surface area contributed by atoms with E-state index in [-0.39, 0.29) is 16.6 Å². The van der Waals surface area contributed by atoms with E-state index >= 15 is 0 Å². The average Bonchev–Trinajstić information content (AvgIpc) is 2.44. The van der Waals surface area contributed by atoms with E-state index in [0.717, 1.165) is 6.42 Å². The highest BCUT2D eigenvalue weighted by atomic mass is 32.2.